The number of nitrogens with one attached hydrogen (secondary N) is 1. The predicted molar refractivity (Wildman–Crippen MR) is 128 cm³/mol. The zero-order chi connectivity index (χ0) is 25.7. The van der Waals surface area contributed by atoms with Gasteiger partial charge >= 0.3 is 0 Å². The Labute approximate surface area is 206 Å². The molecule has 0 bridgehead atoms. The molecule has 6 nitrogen and oxygen atoms in total. The highest BCUT2D eigenvalue weighted by atomic mass is 19.3. The quantitative estimate of drug-likeness (QED) is 0.351. The number of hydrogen-bond donors (Lipinski definition) is 1. The fourth-order valence-corrected chi connectivity index (χ4v) is 3.68. The third-order valence-electron chi connectivity index (χ3n) is 5.86. The average Bonchev–Trinajstić information content (AvgIpc) is 3.68. The monoisotopic (exact) mass is 497 g/mol. The lowest BCUT2D eigenvalue weighted by atomic mass is 10.1. The summed E-state index contributed by atoms with van der Waals surface area (Å²) in [5.74, 6) is -3.42. The van der Waals surface area contributed by atoms with Crippen molar-refractivity contribution < 1.29 is 27.5 Å². The summed E-state index contributed by atoms with van der Waals surface area (Å²) >= 11 is 0. The van der Waals surface area contributed by atoms with Crippen molar-refractivity contribution >= 4 is 17.4 Å². The van der Waals surface area contributed by atoms with E-state index in [1.165, 1.54) is 42.7 Å². The van der Waals surface area contributed by atoms with Gasteiger partial charge in [0, 0.05) is 48.7 Å². The van der Waals surface area contributed by atoms with E-state index in [1.54, 1.807) is 12.1 Å². The van der Waals surface area contributed by atoms with E-state index < -0.39 is 11.7 Å². The summed E-state index contributed by atoms with van der Waals surface area (Å²) in [7, 11) is 0. The van der Waals surface area contributed by atoms with Crippen molar-refractivity contribution in [2.45, 2.75) is 51.4 Å². The number of halogens is 3. The molecule has 1 aliphatic rings. The summed E-state index contributed by atoms with van der Waals surface area (Å²) in [6, 6.07) is 11.5. The molecule has 4 rings (SSSR count). The van der Waals surface area contributed by atoms with E-state index in [0.29, 0.717) is 24.1 Å². The standard InChI is InChI=1S/C27H26F3N3O3/c1-27(29,30)19-3-2-4-21(14-19)33-25(35)12-6-17-5-11-24(22(28)13-17)36-26-15-20(31-16-32-26)9-10-23(34)18-7-8-18/h2-5,11,13-16,18H,6-10,12H2,1H3,(H,33,35). The van der Waals surface area contributed by atoms with E-state index >= 15 is 0 Å². The van der Waals surface area contributed by atoms with Gasteiger partial charge in [0.1, 0.15) is 12.1 Å². The zero-order valence-electron chi connectivity index (χ0n) is 19.8. The van der Waals surface area contributed by atoms with Gasteiger partial charge < -0.3 is 10.1 Å². The topological polar surface area (TPSA) is 81.2 Å². The minimum atomic E-state index is -3.01. The molecule has 2 aromatic carbocycles. The summed E-state index contributed by atoms with van der Waals surface area (Å²) in [6.07, 6.45) is 4.42. The second-order valence-corrected chi connectivity index (χ2v) is 8.97. The Balaban J connectivity index is 1.30. The van der Waals surface area contributed by atoms with Gasteiger partial charge in [0.2, 0.25) is 11.8 Å². The number of anilines is 1. The molecule has 3 aromatic rings. The number of nitrogens with zero attached hydrogens (tertiary/aromatic N) is 2. The van der Waals surface area contributed by atoms with Gasteiger partial charge in [0.25, 0.3) is 5.92 Å². The van der Waals surface area contributed by atoms with E-state index in [1.807, 2.05) is 0 Å². The van der Waals surface area contributed by atoms with Crippen LogP contribution in [0.5, 0.6) is 11.6 Å². The van der Waals surface area contributed by atoms with E-state index in [2.05, 4.69) is 15.3 Å². The molecule has 0 unspecified atom stereocenters. The Morgan fingerprint density at radius 3 is 2.58 bits per heavy atom. The van der Waals surface area contributed by atoms with E-state index in [9.17, 15) is 22.8 Å². The Morgan fingerprint density at radius 1 is 1.06 bits per heavy atom. The molecule has 36 heavy (non-hydrogen) atoms. The summed E-state index contributed by atoms with van der Waals surface area (Å²) < 4.78 is 47.2. The number of amides is 1. The van der Waals surface area contributed by atoms with Crippen LogP contribution in [-0.2, 0) is 28.4 Å². The summed E-state index contributed by atoms with van der Waals surface area (Å²) in [5, 5.41) is 2.59. The molecule has 0 atom stereocenters. The number of aryl methyl sites for hydroxylation is 2. The normalized spacial score (nSPS) is 13.3. The van der Waals surface area contributed by atoms with Crippen LogP contribution >= 0.6 is 0 Å². The molecule has 188 valence electrons. The molecule has 1 heterocycles. The fraction of sp³-hybridized carbons (Fsp3) is 0.333. The van der Waals surface area contributed by atoms with Crippen LogP contribution in [0.25, 0.3) is 0 Å². The summed E-state index contributed by atoms with van der Waals surface area (Å²) in [6.45, 7) is 0.789. The highest BCUT2D eigenvalue weighted by Crippen LogP contribution is 2.31. The number of alkyl halides is 2. The van der Waals surface area contributed by atoms with Crippen LogP contribution in [0.15, 0.2) is 54.9 Å². The molecule has 1 fully saturated rings. The van der Waals surface area contributed by atoms with Crippen molar-refractivity contribution in [1.29, 1.82) is 0 Å². The van der Waals surface area contributed by atoms with Crippen molar-refractivity contribution in [1.82, 2.24) is 9.97 Å². The maximum absolute atomic E-state index is 14.6. The van der Waals surface area contributed by atoms with Gasteiger partial charge in [0.05, 0.1) is 0 Å². The van der Waals surface area contributed by atoms with Gasteiger partial charge in [-0.1, -0.05) is 18.2 Å². The first-order chi connectivity index (χ1) is 17.2. The van der Waals surface area contributed by atoms with Gasteiger partial charge in [0.15, 0.2) is 11.6 Å². The number of hydrogen-bond acceptors (Lipinski definition) is 5. The van der Waals surface area contributed by atoms with Crippen LogP contribution in [0, 0.1) is 11.7 Å². The van der Waals surface area contributed by atoms with Crippen LogP contribution in [0.4, 0.5) is 18.9 Å². The highest BCUT2D eigenvalue weighted by Gasteiger charge is 2.28. The molecule has 1 aliphatic carbocycles. The largest absolute Gasteiger partial charge is 0.436 e. The van der Waals surface area contributed by atoms with Gasteiger partial charge in [-0.3, -0.25) is 9.59 Å². The first-order valence-corrected chi connectivity index (χ1v) is 11.8. The van der Waals surface area contributed by atoms with Crippen LogP contribution in [0.2, 0.25) is 0 Å². The lowest BCUT2D eigenvalue weighted by Crippen LogP contribution is -2.14. The number of ether oxygens (including phenoxy) is 1. The van der Waals surface area contributed by atoms with Gasteiger partial charge in [-0.2, -0.15) is 0 Å². The molecule has 1 amide bonds. The second kappa shape index (κ2) is 10.9. The van der Waals surface area contributed by atoms with Crippen molar-refractivity contribution in [3.63, 3.8) is 0 Å². The van der Waals surface area contributed by atoms with Crippen molar-refractivity contribution in [3.05, 3.63) is 77.5 Å². The maximum atomic E-state index is 14.6. The molecule has 1 saturated carbocycles. The van der Waals surface area contributed by atoms with E-state index in [-0.39, 0.29) is 53.3 Å². The minimum absolute atomic E-state index is 0.0285. The highest BCUT2D eigenvalue weighted by molar-refractivity contribution is 5.90. The van der Waals surface area contributed by atoms with Crippen LogP contribution in [0.1, 0.15) is 49.4 Å². The number of ketones is 1. The Kier molecular flexibility index (Phi) is 7.67. The van der Waals surface area contributed by atoms with Crippen LogP contribution < -0.4 is 10.1 Å². The van der Waals surface area contributed by atoms with Crippen LogP contribution in [-0.4, -0.2) is 21.7 Å². The first kappa shape index (κ1) is 25.3. The number of carbonyl (C=O) groups excluding carboxylic acids is 2. The van der Waals surface area contributed by atoms with Gasteiger partial charge in [-0.15, -0.1) is 0 Å². The number of carbonyl (C=O) groups is 2. The van der Waals surface area contributed by atoms with Gasteiger partial charge in [-0.05, 0) is 55.5 Å². The second-order valence-electron chi connectivity index (χ2n) is 8.97. The van der Waals surface area contributed by atoms with Crippen molar-refractivity contribution in [2.24, 2.45) is 5.92 Å². The zero-order valence-corrected chi connectivity index (χ0v) is 19.8. The lowest BCUT2D eigenvalue weighted by Gasteiger charge is -2.12. The molecule has 9 heteroatoms. The Bertz CT molecular complexity index is 1260. The molecule has 0 spiro atoms. The van der Waals surface area contributed by atoms with Crippen LogP contribution in [0.3, 0.4) is 0 Å². The van der Waals surface area contributed by atoms with Crippen molar-refractivity contribution in [3.8, 4) is 11.6 Å². The smallest absolute Gasteiger partial charge is 0.270 e. The Hall–Kier alpha value is -3.75. The minimum Gasteiger partial charge on any atom is -0.436 e. The maximum Gasteiger partial charge on any atom is 0.270 e. The van der Waals surface area contributed by atoms with E-state index in [0.717, 1.165) is 19.8 Å². The molecule has 0 radical (unpaired) electrons. The molecule has 1 N–H and O–H groups in total. The molecule has 0 saturated heterocycles. The molecular formula is C27H26F3N3O3. The summed E-state index contributed by atoms with van der Waals surface area (Å²) in [5.41, 5.74) is 1.30. The summed E-state index contributed by atoms with van der Waals surface area (Å²) in [4.78, 5) is 32.3. The SMILES string of the molecule is CC(F)(F)c1cccc(NC(=O)CCc2ccc(Oc3cc(CCC(=O)C4CC4)ncn3)c(F)c2)c1. The Morgan fingerprint density at radius 2 is 1.86 bits per heavy atom. The molecule has 1 aromatic heterocycles. The fourth-order valence-electron chi connectivity index (χ4n) is 3.68. The average molecular weight is 498 g/mol. The van der Waals surface area contributed by atoms with Crippen molar-refractivity contribution in [2.75, 3.05) is 5.32 Å². The predicted octanol–water partition coefficient (Wildman–Crippen LogP) is 6.00. The third kappa shape index (κ3) is 7.13. The van der Waals surface area contributed by atoms with Gasteiger partial charge in [-0.25, -0.2) is 23.1 Å². The number of aromatic nitrogens is 2. The lowest BCUT2D eigenvalue weighted by molar-refractivity contribution is -0.120. The first-order valence-electron chi connectivity index (χ1n) is 11.8. The number of Topliss-reactive ketones (excluding diaryl/α,β-unsaturated/α-hetero) is 1. The van der Waals surface area contributed by atoms with E-state index in [4.69, 9.17) is 4.74 Å². The molecule has 0 aliphatic heterocycles. The number of benzene rings is 2. The molecular weight excluding hydrogens is 471 g/mol. The number of rotatable bonds is 11. The third-order valence-corrected chi connectivity index (χ3v) is 5.86.